The third-order valence-corrected chi connectivity index (χ3v) is 3.59. The molecule has 0 aromatic heterocycles. The highest BCUT2D eigenvalue weighted by molar-refractivity contribution is 6.27. The molecule has 4 heteroatoms. The molecule has 0 aliphatic carbocycles. The molecular formula is C14H20ClNO2. The van der Waals surface area contributed by atoms with Gasteiger partial charge in [0.15, 0.2) is 0 Å². The number of nitrogens with zero attached hydrogens (tertiary/aromatic N) is 1. The van der Waals surface area contributed by atoms with Gasteiger partial charge < -0.3 is 9.64 Å². The van der Waals surface area contributed by atoms with Gasteiger partial charge in [-0.25, -0.2) is 0 Å². The number of amides is 1. The van der Waals surface area contributed by atoms with Crippen molar-refractivity contribution in [1.29, 1.82) is 0 Å². The molecule has 1 aromatic rings. The highest BCUT2D eigenvalue weighted by Crippen LogP contribution is 2.28. The van der Waals surface area contributed by atoms with Crippen molar-refractivity contribution >= 4 is 17.5 Å². The minimum absolute atomic E-state index is 0.0176. The van der Waals surface area contributed by atoms with Gasteiger partial charge in [0.2, 0.25) is 5.91 Å². The van der Waals surface area contributed by atoms with Crippen LogP contribution in [0.2, 0.25) is 0 Å². The molecule has 0 spiro atoms. The molecule has 0 saturated heterocycles. The molecule has 0 unspecified atom stereocenters. The van der Waals surface area contributed by atoms with Gasteiger partial charge in [0, 0.05) is 13.6 Å². The Hall–Kier alpha value is -1.22. The van der Waals surface area contributed by atoms with Crippen LogP contribution in [0.3, 0.4) is 0 Å². The van der Waals surface area contributed by atoms with Gasteiger partial charge >= 0.3 is 0 Å². The maximum absolute atomic E-state index is 11.5. The van der Waals surface area contributed by atoms with Crippen LogP contribution >= 0.6 is 11.6 Å². The van der Waals surface area contributed by atoms with Crippen molar-refractivity contribution in [2.45, 2.75) is 27.3 Å². The van der Waals surface area contributed by atoms with Crippen molar-refractivity contribution in [1.82, 2.24) is 4.90 Å². The number of carbonyl (C=O) groups is 1. The molecule has 1 aromatic carbocycles. The van der Waals surface area contributed by atoms with E-state index in [1.807, 2.05) is 19.9 Å². The molecule has 0 saturated carbocycles. The number of rotatable bonds is 4. The Morgan fingerprint density at radius 2 is 1.94 bits per heavy atom. The SMILES string of the molecule is COc1cc(C)c(CN(C)C(=O)CCl)c(C)c1C. The monoisotopic (exact) mass is 269 g/mol. The molecule has 18 heavy (non-hydrogen) atoms. The lowest BCUT2D eigenvalue weighted by Crippen LogP contribution is -2.28. The third kappa shape index (κ3) is 2.96. The first-order valence-corrected chi connectivity index (χ1v) is 6.39. The first-order chi connectivity index (χ1) is 8.42. The number of ether oxygens (including phenoxy) is 1. The van der Waals surface area contributed by atoms with Crippen LogP contribution in [0.1, 0.15) is 22.3 Å². The summed E-state index contributed by atoms with van der Waals surface area (Å²) in [5.74, 6) is 0.841. The van der Waals surface area contributed by atoms with Crippen LogP contribution in [0.4, 0.5) is 0 Å². The Balaban J connectivity index is 3.10. The summed E-state index contributed by atoms with van der Waals surface area (Å²) in [6, 6.07) is 2.01. The lowest BCUT2D eigenvalue weighted by Gasteiger charge is -2.21. The van der Waals surface area contributed by atoms with Crippen LogP contribution in [0.15, 0.2) is 6.07 Å². The standard InChI is InChI=1S/C14H20ClNO2/c1-9-6-13(18-5)11(3)10(2)12(9)8-16(4)14(17)7-15/h6H,7-8H2,1-5H3. The zero-order chi connectivity index (χ0) is 13.9. The van der Waals surface area contributed by atoms with E-state index in [1.54, 1.807) is 19.1 Å². The number of aryl methyl sites for hydroxylation is 1. The predicted octanol–water partition coefficient (Wildman–Crippen LogP) is 2.82. The quantitative estimate of drug-likeness (QED) is 0.787. The van der Waals surface area contributed by atoms with Gasteiger partial charge in [-0.05, 0) is 49.1 Å². The second-order valence-electron chi connectivity index (χ2n) is 4.51. The molecule has 1 rings (SSSR count). The van der Waals surface area contributed by atoms with Crippen molar-refractivity contribution in [3.63, 3.8) is 0 Å². The Morgan fingerprint density at radius 1 is 1.33 bits per heavy atom. The number of hydrogen-bond acceptors (Lipinski definition) is 2. The summed E-state index contributed by atoms with van der Waals surface area (Å²) in [6.45, 7) is 6.69. The number of halogens is 1. The van der Waals surface area contributed by atoms with E-state index in [2.05, 4.69) is 6.92 Å². The molecule has 100 valence electrons. The minimum Gasteiger partial charge on any atom is -0.496 e. The first-order valence-electron chi connectivity index (χ1n) is 5.86. The summed E-state index contributed by atoms with van der Waals surface area (Å²) < 4.78 is 5.33. The van der Waals surface area contributed by atoms with Gasteiger partial charge in [0.25, 0.3) is 0 Å². The van der Waals surface area contributed by atoms with Gasteiger partial charge in [-0.1, -0.05) is 0 Å². The molecule has 0 bridgehead atoms. The smallest absolute Gasteiger partial charge is 0.237 e. The summed E-state index contributed by atoms with van der Waals surface area (Å²) in [5.41, 5.74) is 4.57. The molecule has 0 radical (unpaired) electrons. The Bertz CT molecular complexity index is 458. The Morgan fingerprint density at radius 3 is 2.44 bits per heavy atom. The molecule has 0 N–H and O–H groups in total. The topological polar surface area (TPSA) is 29.5 Å². The Kier molecular flexibility index (Phi) is 5.03. The maximum Gasteiger partial charge on any atom is 0.237 e. The van der Waals surface area contributed by atoms with Gasteiger partial charge in [0.1, 0.15) is 11.6 Å². The lowest BCUT2D eigenvalue weighted by atomic mass is 9.97. The zero-order valence-electron chi connectivity index (χ0n) is 11.6. The van der Waals surface area contributed by atoms with Gasteiger partial charge in [-0.2, -0.15) is 0 Å². The fraction of sp³-hybridized carbons (Fsp3) is 0.500. The fourth-order valence-corrected chi connectivity index (χ4v) is 2.19. The Labute approximate surface area is 114 Å². The van der Waals surface area contributed by atoms with Crippen molar-refractivity contribution in [3.05, 3.63) is 28.3 Å². The summed E-state index contributed by atoms with van der Waals surface area (Å²) in [6.07, 6.45) is 0. The van der Waals surface area contributed by atoms with E-state index in [4.69, 9.17) is 16.3 Å². The molecular weight excluding hydrogens is 250 g/mol. The van der Waals surface area contributed by atoms with Crippen LogP contribution in [0.25, 0.3) is 0 Å². The fourth-order valence-electron chi connectivity index (χ4n) is 1.98. The van der Waals surface area contributed by atoms with Gasteiger partial charge in [-0.15, -0.1) is 11.6 Å². The average Bonchev–Trinajstić information content (AvgIpc) is 2.37. The molecule has 0 aliphatic heterocycles. The molecule has 1 amide bonds. The van der Waals surface area contributed by atoms with Gasteiger partial charge in [0.05, 0.1) is 7.11 Å². The molecule has 0 fully saturated rings. The van der Waals surface area contributed by atoms with Crippen LogP contribution in [0, 0.1) is 20.8 Å². The summed E-state index contributed by atoms with van der Waals surface area (Å²) in [7, 11) is 3.44. The molecule has 0 atom stereocenters. The van der Waals surface area contributed by atoms with Crippen molar-refractivity contribution < 1.29 is 9.53 Å². The average molecular weight is 270 g/mol. The molecule has 0 aliphatic rings. The van der Waals surface area contributed by atoms with E-state index in [0.29, 0.717) is 6.54 Å². The van der Waals surface area contributed by atoms with E-state index >= 15 is 0 Å². The second-order valence-corrected chi connectivity index (χ2v) is 4.77. The zero-order valence-corrected chi connectivity index (χ0v) is 12.4. The highest BCUT2D eigenvalue weighted by Gasteiger charge is 2.14. The number of benzene rings is 1. The number of hydrogen-bond donors (Lipinski definition) is 0. The van der Waals surface area contributed by atoms with Crippen molar-refractivity contribution in [2.24, 2.45) is 0 Å². The van der Waals surface area contributed by atoms with E-state index in [9.17, 15) is 4.79 Å². The summed E-state index contributed by atoms with van der Waals surface area (Å²) in [4.78, 5) is 13.2. The summed E-state index contributed by atoms with van der Waals surface area (Å²) >= 11 is 5.56. The number of methoxy groups -OCH3 is 1. The van der Waals surface area contributed by atoms with Crippen LogP contribution in [0.5, 0.6) is 5.75 Å². The van der Waals surface area contributed by atoms with Gasteiger partial charge in [-0.3, -0.25) is 4.79 Å². The van der Waals surface area contributed by atoms with Crippen LogP contribution in [-0.2, 0) is 11.3 Å². The number of alkyl halides is 1. The van der Waals surface area contributed by atoms with Crippen molar-refractivity contribution in [3.8, 4) is 5.75 Å². The van der Waals surface area contributed by atoms with Crippen molar-refractivity contribution in [2.75, 3.05) is 20.0 Å². The highest BCUT2D eigenvalue weighted by atomic mass is 35.5. The minimum atomic E-state index is -0.0658. The van der Waals surface area contributed by atoms with E-state index in [-0.39, 0.29) is 11.8 Å². The van der Waals surface area contributed by atoms with E-state index < -0.39 is 0 Å². The van der Waals surface area contributed by atoms with E-state index in [0.717, 1.165) is 22.4 Å². The normalized spacial score (nSPS) is 10.3. The molecule has 0 heterocycles. The molecule has 3 nitrogen and oxygen atoms in total. The largest absolute Gasteiger partial charge is 0.496 e. The second kappa shape index (κ2) is 6.10. The predicted molar refractivity (Wildman–Crippen MR) is 74.4 cm³/mol. The lowest BCUT2D eigenvalue weighted by molar-refractivity contribution is -0.127. The number of carbonyl (C=O) groups excluding carboxylic acids is 1. The van der Waals surface area contributed by atoms with Crippen LogP contribution < -0.4 is 4.74 Å². The van der Waals surface area contributed by atoms with E-state index in [1.165, 1.54) is 5.56 Å². The summed E-state index contributed by atoms with van der Waals surface area (Å²) in [5, 5.41) is 0. The third-order valence-electron chi connectivity index (χ3n) is 3.36. The first kappa shape index (κ1) is 14.8. The van der Waals surface area contributed by atoms with Crippen LogP contribution in [-0.4, -0.2) is 30.8 Å². The maximum atomic E-state index is 11.5.